The Kier molecular flexibility index (Phi) is 6.12. The first kappa shape index (κ1) is 18.9. The summed E-state index contributed by atoms with van der Waals surface area (Å²) < 4.78 is 9.76. The van der Waals surface area contributed by atoms with Gasteiger partial charge in [-0.25, -0.2) is 14.5 Å². The fraction of sp³-hybridized carbons (Fsp3) is 0.176. The third kappa shape index (κ3) is 3.97. The average Bonchev–Trinajstić information content (AvgIpc) is 2.58. The summed E-state index contributed by atoms with van der Waals surface area (Å²) in [6, 6.07) is 9.42. The lowest BCUT2D eigenvalue weighted by atomic mass is 10.1. The normalized spacial score (nSPS) is 10.2. The molecule has 2 aromatic rings. The maximum Gasteiger partial charge on any atom is 0.419 e. The van der Waals surface area contributed by atoms with Crippen molar-refractivity contribution in [2.24, 2.45) is 0 Å². The molecule has 0 unspecified atom stereocenters. The second-order valence-corrected chi connectivity index (χ2v) is 5.69. The van der Waals surface area contributed by atoms with Gasteiger partial charge in [-0.15, -0.1) is 0 Å². The first-order chi connectivity index (χ1) is 11.9. The highest BCUT2D eigenvalue weighted by Crippen LogP contribution is 2.41. The van der Waals surface area contributed by atoms with Crippen LogP contribution >= 0.6 is 23.2 Å². The molecule has 0 atom stereocenters. The number of nitrogen functional groups attached to an aromatic ring is 1. The van der Waals surface area contributed by atoms with Crippen LogP contribution in [-0.2, 0) is 9.47 Å². The molecule has 132 valence electrons. The molecule has 0 heterocycles. The highest BCUT2D eigenvalue weighted by atomic mass is 35.5. The number of para-hydroxylation sites is 1. The zero-order chi connectivity index (χ0) is 18.6. The van der Waals surface area contributed by atoms with Gasteiger partial charge in [0.1, 0.15) is 0 Å². The zero-order valence-electron chi connectivity index (χ0n) is 13.6. The van der Waals surface area contributed by atoms with Crippen molar-refractivity contribution in [3.63, 3.8) is 0 Å². The van der Waals surface area contributed by atoms with E-state index in [1.54, 1.807) is 31.2 Å². The Bertz CT molecular complexity index is 788. The Morgan fingerprint density at radius 1 is 1.16 bits per heavy atom. The quantitative estimate of drug-likeness (QED) is 0.614. The van der Waals surface area contributed by atoms with E-state index < -0.39 is 12.1 Å². The highest BCUT2D eigenvalue weighted by Gasteiger charge is 2.27. The van der Waals surface area contributed by atoms with Crippen molar-refractivity contribution in [3.05, 3.63) is 52.0 Å². The van der Waals surface area contributed by atoms with E-state index in [4.69, 9.17) is 33.7 Å². The summed E-state index contributed by atoms with van der Waals surface area (Å²) in [7, 11) is 1.25. The molecule has 0 bridgehead atoms. The van der Waals surface area contributed by atoms with Crippen LogP contribution in [0.2, 0.25) is 10.0 Å². The fourth-order valence-electron chi connectivity index (χ4n) is 2.22. The van der Waals surface area contributed by atoms with Gasteiger partial charge in [0.2, 0.25) is 0 Å². The van der Waals surface area contributed by atoms with Gasteiger partial charge in [0.25, 0.3) is 0 Å². The van der Waals surface area contributed by atoms with E-state index in [9.17, 15) is 9.59 Å². The predicted octanol–water partition coefficient (Wildman–Crippen LogP) is 4.66. The van der Waals surface area contributed by atoms with Crippen LogP contribution in [0.15, 0.2) is 36.4 Å². The molecule has 2 aromatic carbocycles. The number of amides is 1. The Hall–Kier alpha value is -2.44. The van der Waals surface area contributed by atoms with E-state index >= 15 is 0 Å². The van der Waals surface area contributed by atoms with Gasteiger partial charge in [0, 0.05) is 0 Å². The monoisotopic (exact) mass is 382 g/mol. The second-order valence-electron chi connectivity index (χ2n) is 4.87. The minimum absolute atomic E-state index is 0.0772. The zero-order valence-corrected chi connectivity index (χ0v) is 15.1. The van der Waals surface area contributed by atoms with Gasteiger partial charge >= 0.3 is 12.1 Å². The lowest BCUT2D eigenvalue weighted by Crippen LogP contribution is -2.28. The molecule has 0 aliphatic carbocycles. The summed E-state index contributed by atoms with van der Waals surface area (Å²) in [5.41, 5.74) is 6.83. The van der Waals surface area contributed by atoms with E-state index in [-0.39, 0.29) is 28.6 Å². The highest BCUT2D eigenvalue weighted by molar-refractivity contribution is 6.37. The number of methoxy groups -OCH3 is 1. The van der Waals surface area contributed by atoms with Gasteiger partial charge in [-0.3, -0.25) is 0 Å². The van der Waals surface area contributed by atoms with E-state index in [1.165, 1.54) is 24.1 Å². The van der Waals surface area contributed by atoms with Gasteiger partial charge in [-0.1, -0.05) is 35.3 Å². The summed E-state index contributed by atoms with van der Waals surface area (Å²) in [5, 5.41) is 0.386. The summed E-state index contributed by atoms with van der Waals surface area (Å²) >= 11 is 12.5. The molecule has 0 fully saturated rings. The van der Waals surface area contributed by atoms with Gasteiger partial charge in [-0.2, -0.15) is 0 Å². The molecule has 0 saturated carbocycles. The number of benzene rings is 2. The Balaban J connectivity index is 2.65. The second kappa shape index (κ2) is 8.09. The van der Waals surface area contributed by atoms with Crippen molar-refractivity contribution in [1.82, 2.24) is 0 Å². The first-order valence-corrected chi connectivity index (χ1v) is 8.05. The van der Waals surface area contributed by atoms with Crippen LogP contribution in [0.3, 0.4) is 0 Å². The average molecular weight is 383 g/mol. The number of anilines is 3. The van der Waals surface area contributed by atoms with E-state index in [0.717, 1.165) is 0 Å². The molecule has 1 amide bonds. The number of rotatable bonds is 4. The maximum absolute atomic E-state index is 12.5. The molecule has 0 radical (unpaired) electrons. The van der Waals surface area contributed by atoms with Crippen LogP contribution in [0.5, 0.6) is 0 Å². The van der Waals surface area contributed by atoms with E-state index in [1.807, 2.05) is 0 Å². The molecule has 0 spiro atoms. The van der Waals surface area contributed by atoms with Gasteiger partial charge in [0.15, 0.2) is 0 Å². The number of nitrogens with zero attached hydrogens (tertiary/aromatic N) is 1. The lowest BCUT2D eigenvalue weighted by molar-refractivity contribution is 0.0601. The fourth-order valence-corrected chi connectivity index (χ4v) is 2.75. The summed E-state index contributed by atoms with van der Waals surface area (Å²) in [6.45, 7) is 1.82. The number of hydrogen-bond acceptors (Lipinski definition) is 5. The summed E-state index contributed by atoms with van der Waals surface area (Å²) in [5.74, 6) is -0.597. The standard InChI is InChI=1S/C17H16Cl2N2O4/c1-3-25-17(23)21(14-7-5-4-6-11(14)18)15-12(19)8-10(9-13(15)20)16(22)24-2/h4-9H,3,20H2,1-2H3. The SMILES string of the molecule is CCOC(=O)N(c1ccccc1Cl)c1c(N)cc(C(=O)OC)cc1Cl. The van der Waals surface area contributed by atoms with Gasteiger partial charge < -0.3 is 15.2 Å². The van der Waals surface area contributed by atoms with E-state index in [2.05, 4.69) is 4.74 Å². The van der Waals surface area contributed by atoms with Crippen LogP contribution in [0.4, 0.5) is 21.9 Å². The van der Waals surface area contributed by atoms with Crippen LogP contribution in [0.25, 0.3) is 0 Å². The number of nitrogens with two attached hydrogens (primary N) is 1. The van der Waals surface area contributed by atoms with Crippen molar-refractivity contribution in [1.29, 1.82) is 0 Å². The van der Waals surface area contributed by atoms with Gasteiger partial charge in [0.05, 0.1) is 46.4 Å². The third-order valence-electron chi connectivity index (χ3n) is 3.28. The maximum atomic E-state index is 12.5. The molecule has 0 aliphatic rings. The van der Waals surface area contributed by atoms with E-state index in [0.29, 0.717) is 10.7 Å². The molecule has 2 rings (SSSR count). The molecule has 25 heavy (non-hydrogen) atoms. The van der Waals surface area contributed by atoms with Crippen LogP contribution in [-0.4, -0.2) is 25.8 Å². The van der Waals surface area contributed by atoms with Crippen LogP contribution < -0.4 is 10.6 Å². The molecule has 0 saturated heterocycles. The Labute approximate surface area is 155 Å². The lowest BCUT2D eigenvalue weighted by Gasteiger charge is -2.25. The smallest absolute Gasteiger partial charge is 0.419 e. The number of carbonyl (C=O) groups is 2. The van der Waals surface area contributed by atoms with Crippen LogP contribution in [0, 0.1) is 0 Å². The Morgan fingerprint density at radius 2 is 1.84 bits per heavy atom. The van der Waals surface area contributed by atoms with Crippen molar-refractivity contribution in [3.8, 4) is 0 Å². The molecular weight excluding hydrogens is 367 g/mol. The minimum atomic E-state index is -0.699. The van der Waals surface area contributed by atoms with Gasteiger partial charge in [-0.05, 0) is 31.2 Å². The molecular formula is C17H16Cl2N2O4. The molecule has 0 aliphatic heterocycles. The third-order valence-corrected chi connectivity index (χ3v) is 3.89. The minimum Gasteiger partial charge on any atom is -0.465 e. The van der Waals surface area contributed by atoms with Crippen molar-refractivity contribution >= 4 is 52.3 Å². The topological polar surface area (TPSA) is 81.9 Å². The van der Waals surface area contributed by atoms with Crippen molar-refractivity contribution in [2.75, 3.05) is 24.4 Å². The summed E-state index contributed by atoms with van der Waals surface area (Å²) in [4.78, 5) is 25.4. The molecule has 0 aromatic heterocycles. The number of esters is 1. The number of halogens is 2. The van der Waals surface area contributed by atoms with Crippen LogP contribution in [0.1, 0.15) is 17.3 Å². The first-order valence-electron chi connectivity index (χ1n) is 7.29. The molecule has 8 heteroatoms. The molecule has 2 N–H and O–H groups in total. The summed E-state index contributed by atoms with van der Waals surface area (Å²) in [6.07, 6.45) is -0.699. The number of carbonyl (C=O) groups excluding carboxylic acids is 2. The Morgan fingerprint density at radius 3 is 2.40 bits per heavy atom. The van der Waals surface area contributed by atoms with Crippen molar-refractivity contribution in [2.45, 2.75) is 6.92 Å². The number of hydrogen-bond donors (Lipinski definition) is 1. The molecule has 6 nitrogen and oxygen atoms in total. The largest absolute Gasteiger partial charge is 0.465 e. The van der Waals surface area contributed by atoms with Crippen molar-refractivity contribution < 1.29 is 19.1 Å². The predicted molar refractivity (Wildman–Crippen MR) is 97.8 cm³/mol. The number of ether oxygens (including phenoxy) is 2.